The highest BCUT2D eigenvalue weighted by atomic mass is 16.6. The Labute approximate surface area is 754 Å². The van der Waals surface area contributed by atoms with E-state index in [-0.39, 0.29) is 237 Å². The van der Waals surface area contributed by atoms with Crippen molar-refractivity contribution in [2.45, 2.75) is 558 Å². The van der Waals surface area contributed by atoms with Gasteiger partial charge in [0.1, 0.15) is 56.4 Å². The highest BCUT2D eigenvalue weighted by Crippen LogP contribution is 2.38. The maximum absolute atomic E-state index is 13.8. The molecule has 120 heavy (non-hydrogen) atoms. The third-order valence-corrected chi connectivity index (χ3v) is 20.7. The van der Waals surface area contributed by atoms with Gasteiger partial charge in [-0.2, -0.15) is 0 Å². The fraction of sp³-hybridized carbons (Fsp3) is 0.941. The number of carbonyl (C=O) groups is 6. The number of esters is 6. The van der Waals surface area contributed by atoms with E-state index in [1.165, 1.54) is 231 Å². The SMILES string of the molecule is C.C.C.C.C.C.C.C.C.C.C.C.C.C.C.C.C.C.CCCCCCCCCCCCCCCCCC(=O)OCCOCCOC(CC)CC(=O)OCC(COC(=O)CC1(CC)OCC1OCCOC(=O)CCCCCCCCCCCCCCCCC)OC(=O)CC1(CC)OCC1OCCOC(=O)CCCCCCCCCCCCCCCCC. The molecule has 0 amide bonds. The molecule has 6 atom stereocenters. The molecule has 18 heteroatoms. The first-order valence-electron chi connectivity index (χ1n) is 42.6. The first kappa shape index (κ1) is 157. The number of carbonyl (C=O) groups excluding carboxylic acids is 6. The number of hydrogen-bond acceptors (Lipinski definition) is 18. The van der Waals surface area contributed by atoms with Crippen molar-refractivity contribution < 1.29 is 85.6 Å². The quantitative estimate of drug-likeness (QED) is 0.0314. The molecule has 0 saturated carbocycles. The third-order valence-electron chi connectivity index (χ3n) is 20.7. The Bertz CT molecular complexity index is 2000. The molecule has 0 aliphatic carbocycles. The van der Waals surface area contributed by atoms with Crippen LogP contribution in [0.15, 0.2) is 0 Å². The zero-order chi connectivity index (χ0) is 73.9. The molecule has 0 spiro atoms. The summed E-state index contributed by atoms with van der Waals surface area (Å²) in [5.41, 5.74) is -1.98. The highest BCUT2D eigenvalue weighted by molar-refractivity contribution is 5.73. The number of ether oxygens (including phenoxy) is 12. The van der Waals surface area contributed by atoms with Gasteiger partial charge in [0.05, 0.1) is 71.6 Å². The van der Waals surface area contributed by atoms with E-state index in [4.69, 9.17) is 56.8 Å². The van der Waals surface area contributed by atoms with Crippen molar-refractivity contribution in [2.75, 3.05) is 79.3 Å². The molecule has 6 unspecified atom stereocenters. The largest absolute Gasteiger partial charge is 0.463 e. The van der Waals surface area contributed by atoms with E-state index in [1.54, 1.807) is 0 Å². The van der Waals surface area contributed by atoms with E-state index in [2.05, 4.69) is 20.8 Å². The van der Waals surface area contributed by atoms with Gasteiger partial charge in [-0.1, -0.05) is 445 Å². The molecule has 2 aliphatic rings. The average molecular weight is 1740 g/mol. The lowest BCUT2D eigenvalue weighted by atomic mass is 9.85. The zero-order valence-electron chi connectivity index (χ0n) is 66.3. The van der Waals surface area contributed by atoms with Crippen LogP contribution in [-0.2, 0) is 85.6 Å². The summed E-state index contributed by atoms with van der Waals surface area (Å²) < 4.78 is 69.5. The maximum atomic E-state index is 13.8. The smallest absolute Gasteiger partial charge is 0.309 e. The zero-order valence-corrected chi connectivity index (χ0v) is 66.3. The normalized spacial score (nSPS) is 15.1. The highest BCUT2D eigenvalue weighted by Gasteiger charge is 2.51. The van der Waals surface area contributed by atoms with Crippen molar-refractivity contribution >= 4 is 35.8 Å². The van der Waals surface area contributed by atoms with E-state index in [9.17, 15) is 28.8 Å². The van der Waals surface area contributed by atoms with Crippen LogP contribution in [0.1, 0.15) is 522 Å². The van der Waals surface area contributed by atoms with Gasteiger partial charge in [0.25, 0.3) is 0 Å². The van der Waals surface area contributed by atoms with Gasteiger partial charge >= 0.3 is 35.8 Å². The Kier molecular flexibility index (Phi) is 146. The Balaban J connectivity index is -0.000000393. The van der Waals surface area contributed by atoms with Gasteiger partial charge in [-0.15, -0.1) is 0 Å². The van der Waals surface area contributed by atoms with Crippen molar-refractivity contribution in [1.29, 1.82) is 0 Å². The van der Waals surface area contributed by atoms with Crippen LogP contribution in [0.2, 0.25) is 0 Å². The van der Waals surface area contributed by atoms with Crippen molar-refractivity contribution in [3.63, 3.8) is 0 Å². The topological polar surface area (TPSA) is 213 Å². The second-order valence-electron chi connectivity index (χ2n) is 29.5. The van der Waals surface area contributed by atoms with Gasteiger partial charge in [0.15, 0.2) is 6.10 Å². The lowest BCUT2D eigenvalue weighted by Crippen LogP contribution is -2.60. The van der Waals surface area contributed by atoms with Crippen molar-refractivity contribution in [2.24, 2.45) is 0 Å². The van der Waals surface area contributed by atoms with Crippen molar-refractivity contribution in [3.8, 4) is 0 Å². The number of rotatable bonds is 77. The summed E-state index contributed by atoms with van der Waals surface area (Å²) in [7, 11) is 0. The van der Waals surface area contributed by atoms with Gasteiger partial charge in [-0.25, -0.2) is 0 Å². The van der Waals surface area contributed by atoms with Crippen LogP contribution in [0, 0.1) is 0 Å². The number of hydrogen-bond donors (Lipinski definition) is 0. The molecule has 0 N–H and O–H groups in total. The number of unbranched alkanes of at least 4 members (excludes halogenated alkanes) is 42. The molecule has 0 aromatic heterocycles. The molecule has 18 nitrogen and oxygen atoms in total. The molecule has 0 bridgehead atoms. The minimum absolute atomic E-state index is 0. The molecule has 0 radical (unpaired) electrons. The molecule has 0 aromatic carbocycles. The van der Waals surface area contributed by atoms with Gasteiger partial charge in [0.2, 0.25) is 0 Å². The summed E-state index contributed by atoms with van der Waals surface area (Å²) in [6.45, 7) is 13.4. The molecular weight excluding hydrogens is 1510 g/mol. The first-order chi connectivity index (χ1) is 49.9. The summed E-state index contributed by atoms with van der Waals surface area (Å²) in [5.74, 6) is -2.61. The van der Waals surface area contributed by atoms with Crippen LogP contribution in [-0.4, -0.2) is 151 Å². The van der Waals surface area contributed by atoms with E-state index < -0.39 is 66.7 Å². The van der Waals surface area contributed by atoms with Gasteiger partial charge < -0.3 is 56.8 Å². The summed E-state index contributed by atoms with van der Waals surface area (Å²) in [6, 6.07) is 0. The average Bonchev–Trinajstić information content (AvgIpc) is 0.786. The van der Waals surface area contributed by atoms with E-state index in [1.807, 2.05) is 20.8 Å². The summed E-state index contributed by atoms with van der Waals surface area (Å²) >= 11 is 0. The van der Waals surface area contributed by atoms with Gasteiger partial charge in [-0.05, 0) is 38.5 Å². The van der Waals surface area contributed by atoms with Crippen LogP contribution < -0.4 is 0 Å². The van der Waals surface area contributed by atoms with Crippen LogP contribution in [0.5, 0.6) is 0 Å². The molecular formula is C102H226O18. The summed E-state index contributed by atoms with van der Waals surface area (Å²) in [4.78, 5) is 78.3. The lowest BCUT2D eigenvalue weighted by Gasteiger charge is -2.48. The summed E-state index contributed by atoms with van der Waals surface area (Å²) in [6.07, 6.45) is 56.2. The molecule has 2 rings (SSSR count). The molecule has 2 aliphatic heterocycles. The second kappa shape index (κ2) is 112. The Morgan fingerprint density at radius 3 is 0.783 bits per heavy atom. The fourth-order valence-electron chi connectivity index (χ4n) is 13.7. The van der Waals surface area contributed by atoms with Crippen molar-refractivity contribution in [3.05, 3.63) is 0 Å². The molecule has 2 saturated heterocycles. The molecule has 2 heterocycles. The first-order valence-corrected chi connectivity index (χ1v) is 42.6. The minimum atomic E-state index is -1.17. The molecule has 742 valence electrons. The Hall–Kier alpha value is -3.42. The van der Waals surface area contributed by atoms with Crippen LogP contribution in [0.4, 0.5) is 0 Å². The lowest BCUT2D eigenvalue weighted by molar-refractivity contribution is -0.264. The second-order valence-corrected chi connectivity index (χ2v) is 29.5. The Morgan fingerprint density at radius 2 is 0.525 bits per heavy atom. The van der Waals surface area contributed by atoms with E-state index >= 15 is 0 Å². The predicted molar refractivity (Wildman–Crippen MR) is 527 cm³/mol. The van der Waals surface area contributed by atoms with Crippen LogP contribution in [0.25, 0.3) is 0 Å². The van der Waals surface area contributed by atoms with Crippen molar-refractivity contribution in [1.82, 2.24) is 0 Å². The minimum Gasteiger partial charge on any atom is -0.463 e. The fourth-order valence-corrected chi connectivity index (χ4v) is 13.7. The standard InChI is InChI=1S/C84H154O18.18CH4/c1-7-13-16-19-22-25-28-31-34-37-40-43-46-49-52-55-77(85)95-61-59-91-58-60-92-73(10-4)66-80(88)98-69-74(102-82(90)68-84(12-6)76(72-101-84)94-63-65-97-79(87)57-54-51-48-45-42-39-36-33-30-27-24-21-18-15-9-3)70-99-81(89)67-83(11-5)75(71-100-83)93-62-64-96-78(86)56-53-50-47-44-41-38-35-32-29-26-23-20-17-14-8-2;;;;;;;;;;;;;;;;;;/h73-76H,7-72H2,1-6H3;18*1H4. The van der Waals surface area contributed by atoms with E-state index in [0.717, 1.165) is 57.8 Å². The van der Waals surface area contributed by atoms with E-state index in [0.29, 0.717) is 38.5 Å². The Morgan fingerprint density at radius 1 is 0.275 bits per heavy atom. The maximum Gasteiger partial charge on any atom is 0.309 e. The van der Waals surface area contributed by atoms with Crippen LogP contribution >= 0.6 is 0 Å². The molecule has 0 aromatic rings. The molecule has 2 fully saturated rings. The summed E-state index contributed by atoms with van der Waals surface area (Å²) in [5, 5.41) is 0. The predicted octanol–water partition coefficient (Wildman–Crippen LogP) is 32.0. The van der Waals surface area contributed by atoms with Crippen LogP contribution in [0.3, 0.4) is 0 Å². The third kappa shape index (κ3) is 85.4. The van der Waals surface area contributed by atoms with Gasteiger partial charge in [-0.3, -0.25) is 28.8 Å². The monoisotopic (exact) mass is 1740 g/mol. The van der Waals surface area contributed by atoms with Gasteiger partial charge in [0, 0.05) is 19.3 Å².